The van der Waals surface area contributed by atoms with Crippen molar-refractivity contribution in [3.05, 3.63) is 0 Å². The van der Waals surface area contributed by atoms with Gasteiger partial charge >= 0.3 is 5.97 Å². The standard InChI is InChI=1S/C12H29N5O2/c1-7-14-12(10-13-4,11(18)19)17(15(5)6)16(8-2)9-3/h13-14H,7-10H2,1-6H3,(H,18,19)/t12-/m0/s1. The van der Waals surface area contributed by atoms with Crippen LogP contribution in [0.4, 0.5) is 0 Å². The highest BCUT2D eigenvalue weighted by Gasteiger charge is 2.47. The Bertz CT molecular complexity index is 263. The van der Waals surface area contributed by atoms with E-state index in [4.69, 9.17) is 0 Å². The van der Waals surface area contributed by atoms with Crippen LogP contribution >= 0.6 is 0 Å². The Kier molecular flexibility index (Phi) is 8.12. The van der Waals surface area contributed by atoms with Gasteiger partial charge in [0.1, 0.15) is 0 Å². The summed E-state index contributed by atoms with van der Waals surface area (Å²) in [6.07, 6.45) is 0. The Morgan fingerprint density at radius 1 is 1.21 bits per heavy atom. The fourth-order valence-corrected chi connectivity index (χ4v) is 2.32. The van der Waals surface area contributed by atoms with Crippen LogP contribution in [0, 0.1) is 0 Å². The minimum absolute atomic E-state index is 0.296. The van der Waals surface area contributed by atoms with Gasteiger partial charge in [-0.2, -0.15) is 0 Å². The number of hydrazine groups is 2. The second-order valence-electron chi connectivity index (χ2n) is 4.50. The number of likely N-dealkylation sites (N-methyl/N-ethyl adjacent to an activating group) is 2. The van der Waals surface area contributed by atoms with Crippen LogP contribution in [0.3, 0.4) is 0 Å². The molecule has 0 radical (unpaired) electrons. The van der Waals surface area contributed by atoms with Crippen LogP contribution in [-0.2, 0) is 4.79 Å². The van der Waals surface area contributed by atoms with E-state index in [9.17, 15) is 9.90 Å². The molecule has 0 unspecified atom stereocenters. The highest BCUT2D eigenvalue weighted by molar-refractivity contribution is 5.78. The Balaban J connectivity index is 5.63. The zero-order chi connectivity index (χ0) is 15.1. The van der Waals surface area contributed by atoms with Crippen LogP contribution in [0.25, 0.3) is 0 Å². The molecule has 0 aliphatic heterocycles. The van der Waals surface area contributed by atoms with Gasteiger partial charge in [0.25, 0.3) is 0 Å². The van der Waals surface area contributed by atoms with Gasteiger partial charge in [0.05, 0.1) is 0 Å². The van der Waals surface area contributed by atoms with Crippen molar-refractivity contribution in [1.82, 2.24) is 25.8 Å². The summed E-state index contributed by atoms with van der Waals surface area (Å²) in [5.41, 5.74) is -1.20. The van der Waals surface area contributed by atoms with Crippen LogP contribution < -0.4 is 10.6 Å². The van der Waals surface area contributed by atoms with Gasteiger partial charge in [0, 0.05) is 33.7 Å². The SMILES string of the molecule is CCN[C@](CNC)(C(=O)O)N(N(C)C)N(CC)CC. The van der Waals surface area contributed by atoms with E-state index in [0.717, 1.165) is 13.1 Å². The van der Waals surface area contributed by atoms with Crippen molar-refractivity contribution in [1.29, 1.82) is 0 Å². The summed E-state index contributed by atoms with van der Waals surface area (Å²) in [5, 5.41) is 21.4. The molecule has 114 valence electrons. The molecule has 0 rings (SSSR count). The average molecular weight is 275 g/mol. The molecule has 0 aromatic carbocycles. The number of nitrogens with zero attached hydrogens (tertiary/aromatic N) is 3. The van der Waals surface area contributed by atoms with Crippen molar-refractivity contribution in [2.75, 3.05) is 47.3 Å². The molecule has 0 saturated carbocycles. The quantitative estimate of drug-likeness (QED) is 0.371. The predicted octanol–water partition coefficient (Wildman–Crippen LogP) is -0.368. The maximum atomic E-state index is 11.9. The lowest BCUT2D eigenvalue weighted by Gasteiger charge is -2.48. The third-order valence-electron chi connectivity index (χ3n) is 2.97. The zero-order valence-electron chi connectivity index (χ0n) is 13.0. The molecule has 0 heterocycles. The molecule has 0 saturated heterocycles. The number of carboxylic acids is 1. The highest BCUT2D eigenvalue weighted by atomic mass is 16.4. The van der Waals surface area contributed by atoms with Crippen molar-refractivity contribution in [3.8, 4) is 0 Å². The number of rotatable bonds is 10. The van der Waals surface area contributed by atoms with E-state index in [1.807, 2.05) is 39.9 Å². The van der Waals surface area contributed by atoms with E-state index in [-0.39, 0.29) is 0 Å². The maximum Gasteiger partial charge on any atom is 0.343 e. The largest absolute Gasteiger partial charge is 0.479 e. The van der Waals surface area contributed by atoms with Gasteiger partial charge in [-0.3, -0.25) is 5.32 Å². The molecule has 0 fully saturated rings. The van der Waals surface area contributed by atoms with Gasteiger partial charge in [-0.15, -0.1) is 5.12 Å². The lowest BCUT2D eigenvalue weighted by atomic mass is 10.1. The predicted molar refractivity (Wildman–Crippen MR) is 76.4 cm³/mol. The molecule has 0 aliphatic rings. The number of hydrogen-bond acceptors (Lipinski definition) is 6. The molecule has 0 aromatic rings. The van der Waals surface area contributed by atoms with E-state index < -0.39 is 11.6 Å². The molecule has 0 amide bonds. The summed E-state index contributed by atoms with van der Waals surface area (Å²) in [5.74, 6) is -0.899. The van der Waals surface area contributed by atoms with Gasteiger partial charge in [-0.1, -0.05) is 20.8 Å². The first-order valence-corrected chi connectivity index (χ1v) is 6.76. The fraction of sp³-hybridized carbons (Fsp3) is 0.917. The Morgan fingerprint density at radius 3 is 2.00 bits per heavy atom. The Labute approximate surface area is 116 Å². The Hall–Kier alpha value is -0.730. The van der Waals surface area contributed by atoms with Crippen molar-refractivity contribution in [3.63, 3.8) is 0 Å². The highest BCUT2D eigenvalue weighted by Crippen LogP contribution is 2.17. The van der Waals surface area contributed by atoms with Crippen molar-refractivity contribution >= 4 is 5.97 Å². The lowest BCUT2D eigenvalue weighted by Crippen LogP contribution is -2.75. The molecule has 3 N–H and O–H groups in total. The smallest absolute Gasteiger partial charge is 0.343 e. The van der Waals surface area contributed by atoms with Gasteiger partial charge < -0.3 is 10.4 Å². The fourth-order valence-electron chi connectivity index (χ4n) is 2.32. The second kappa shape index (κ2) is 8.44. The first kappa shape index (κ1) is 18.3. The van der Waals surface area contributed by atoms with Gasteiger partial charge in [0.15, 0.2) is 0 Å². The number of nitrogens with one attached hydrogen (secondary N) is 2. The van der Waals surface area contributed by atoms with Gasteiger partial charge in [-0.05, 0) is 13.6 Å². The minimum Gasteiger partial charge on any atom is -0.479 e. The molecule has 1 atom stereocenters. The van der Waals surface area contributed by atoms with Crippen molar-refractivity contribution < 1.29 is 9.90 Å². The van der Waals surface area contributed by atoms with Crippen LogP contribution in [0.2, 0.25) is 0 Å². The third kappa shape index (κ3) is 4.12. The van der Waals surface area contributed by atoms with Crippen LogP contribution in [0.5, 0.6) is 0 Å². The van der Waals surface area contributed by atoms with E-state index in [0.29, 0.717) is 13.1 Å². The molecule has 19 heavy (non-hydrogen) atoms. The number of hydrogen-bond donors (Lipinski definition) is 3. The molecule has 7 heteroatoms. The minimum atomic E-state index is -1.20. The number of carbonyl (C=O) groups is 1. The second-order valence-corrected chi connectivity index (χ2v) is 4.50. The number of aliphatic carboxylic acids is 1. The summed E-state index contributed by atoms with van der Waals surface area (Å²) in [6, 6.07) is 0. The van der Waals surface area contributed by atoms with Crippen molar-refractivity contribution in [2.24, 2.45) is 0 Å². The van der Waals surface area contributed by atoms with Crippen LogP contribution in [0.15, 0.2) is 0 Å². The molecule has 0 spiro atoms. The summed E-state index contributed by atoms with van der Waals surface area (Å²) < 4.78 is 0. The van der Waals surface area contributed by atoms with Gasteiger partial charge in [0.2, 0.25) is 5.66 Å². The molecular formula is C12H29N5O2. The zero-order valence-corrected chi connectivity index (χ0v) is 13.0. The molecular weight excluding hydrogens is 246 g/mol. The maximum absolute atomic E-state index is 11.9. The topological polar surface area (TPSA) is 71.1 Å². The monoisotopic (exact) mass is 275 g/mol. The van der Waals surface area contributed by atoms with Crippen molar-refractivity contribution in [2.45, 2.75) is 26.4 Å². The molecule has 0 aromatic heterocycles. The van der Waals surface area contributed by atoms with Crippen LogP contribution in [-0.4, -0.2) is 79.2 Å². The summed E-state index contributed by atoms with van der Waals surface area (Å²) >= 11 is 0. The number of carboxylic acid groups (broad SMARTS) is 1. The third-order valence-corrected chi connectivity index (χ3v) is 2.97. The molecule has 0 bridgehead atoms. The first-order chi connectivity index (χ1) is 8.91. The van der Waals surface area contributed by atoms with E-state index in [1.165, 1.54) is 0 Å². The van der Waals surface area contributed by atoms with Gasteiger partial charge in [-0.25, -0.2) is 14.8 Å². The molecule has 7 nitrogen and oxygen atoms in total. The van der Waals surface area contributed by atoms with Crippen LogP contribution in [0.1, 0.15) is 20.8 Å². The normalized spacial score (nSPS) is 15.2. The molecule has 0 aliphatic carbocycles. The first-order valence-electron chi connectivity index (χ1n) is 6.76. The summed E-state index contributed by atoms with van der Waals surface area (Å²) in [7, 11) is 5.46. The summed E-state index contributed by atoms with van der Waals surface area (Å²) in [4.78, 5) is 11.9. The van der Waals surface area contributed by atoms with E-state index >= 15 is 0 Å². The summed E-state index contributed by atoms with van der Waals surface area (Å²) in [6.45, 7) is 8.27. The van der Waals surface area contributed by atoms with E-state index in [1.54, 1.807) is 17.2 Å². The average Bonchev–Trinajstić information content (AvgIpc) is 2.34. The Morgan fingerprint density at radius 2 is 1.74 bits per heavy atom. The lowest BCUT2D eigenvalue weighted by molar-refractivity contribution is -0.239. The van der Waals surface area contributed by atoms with E-state index in [2.05, 4.69) is 10.6 Å².